The molecule has 2 rings (SSSR count). The molecule has 126 valence electrons. The zero-order chi connectivity index (χ0) is 17.6. The van der Waals surface area contributed by atoms with E-state index in [4.69, 9.17) is 5.73 Å². The molecule has 0 saturated heterocycles. The Kier molecular flexibility index (Phi) is 5.99. The number of amides is 1. The summed E-state index contributed by atoms with van der Waals surface area (Å²) >= 11 is 0.780. The average molecular weight is 363 g/mol. The van der Waals surface area contributed by atoms with Crippen molar-refractivity contribution in [2.75, 3.05) is 11.1 Å². The van der Waals surface area contributed by atoms with Crippen LogP contribution >= 0.6 is 11.8 Å². The summed E-state index contributed by atoms with van der Waals surface area (Å²) < 4.78 is 28.6. The molecule has 0 aliphatic rings. The van der Waals surface area contributed by atoms with Crippen LogP contribution in [0.1, 0.15) is 5.56 Å². The molecule has 2 aromatic carbocycles. The summed E-state index contributed by atoms with van der Waals surface area (Å²) in [5.41, 5.74) is 6.81. The molecule has 3 N–H and O–H groups in total. The van der Waals surface area contributed by atoms with Crippen LogP contribution in [0.4, 0.5) is 10.5 Å². The number of amidine groups is 1. The van der Waals surface area contributed by atoms with E-state index in [9.17, 15) is 13.2 Å². The molecule has 0 radical (unpaired) electrons. The smallest absolute Gasteiger partial charge is 0.283 e. The van der Waals surface area contributed by atoms with Gasteiger partial charge in [-0.25, -0.2) is 0 Å². The average Bonchev–Trinajstić information content (AvgIpc) is 2.53. The van der Waals surface area contributed by atoms with Crippen LogP contribution in [0, 0.1) is 6.92 Å². The predicted molar refractivity (Wildman–Crippen MR) is 97.9 cm³/mol. The van der Waals surface area contributed by atoms with Crippen LogP contribution in [0.25, 0.3) is 0 Å². The summed E-state index contributed by atoms with van der Waals surface area (Å²) in [7, 11) is -3.88. The molecule has 24 heavy (non-hydrogen) atoms. The number of nitrogens with one attached hydrogen (secondary N) is 1. The van der Waals surface area contributed by atoms with Gasteiger partial charge in [-0.3, -0.25) is 4.79 Å². The minimum atomic E-state index is -3.88. The van der Waals surface area contributed by atoms with Crippen molar-refractivity contribution < 1.29 is 13.2 Å². The molecule has 0 spiro atoms. The number of aryl methyl sites for hydroxylation is 1. The number of anilines is 1. The molecule has 0 fully saturated rings. The minimum Gasteiger partial charge on any atom is -0.361 e. The number of rotatable bonds is 5. The molecular weight excluding hydrogens is 346 g/mol. The fourth-order valence-electron chi connectivity index (χ4n) is 1.90. The second-order valence-corrected chi connectivity index (χ2v) is 7.51. The first-order valence-corrected chi connectivity index (χ1v) is 9.44. The molecular formula is C16H17N3O3S2. The third-order valence-electron chi connectivity index (χ3n) is 2.93. The molecule has 0 bridgehead atoms. The van der Waals surface area contributed by atoms with Gasteiger partial charge in [-0.1, -0.05) is 42.1 Å². The monoisotopic (exact) mass is 363 g/mol. The van der Waals surface area contributed by atoms with Gasteiger partial charge >= 0.3 is 0 Å². The van der Waals surface area contributed by atoms with Crippen molar-refractivity contribution in [1.82, 2.24) is 0 Å². The molecule has 8 heteroatoms. The number of thioether (sulfide) groups is 1. The van der Waals surface area contributed by atoms with Crippen molar-refractivity contribution >= 4 is 38.5 Å². The number of carbonyl (C=O) groups is 1. The van der Waals surface area contributed by atoms with Gasteiger partial charge in [-0.15, -0.1) is 4.40 Å². The number of carbonyl (C=O) groups excluding carboxylic acids is 1. The maximum absolute atomic E-state index is 12.4. The molecule has 1 amide bonds. The molecule has 0 atom stereocenters. The van der Waals surface area contributed by atoms with E-state index in [1.54, 1.807) is 24.3 Å². The quantitative estimate of drug-likeness (QED) is 0.628. The van der Waals surface area contributed by atoms with Crippen LogP contribution < -0.4 is 11.1 Å². The van der Waals surface area contributed by atoms with Crippen molar-refractivity contribution in [2.45, 2.75) is 11.8 Å². The van der Waals surface area contributed by atoms with E-state index in [-0.39, 0.29) is 16.5 Å². The number of nitrogens with zero attached hydrogens (tertiary/aromatic N) is 1. The van der Waals surface area contributed by atoms with Crippen LogP contribution in [0.2, 0.25) is 0 Å². The van der Waals surface area contributed by atoms with Gasteiger partial charge in [0.15, 0.2) is 0 Å². The highest BCUT2D eigenvalue weighted by molar-refractivity contribution is 8.14. The lowest BCUT2D eigenvalue weighted by atomic mass is 10.2. The minimum absolute atomic E-state index is 0.0232. The number of primary amides is 1. The second kappa shape index (κ2) is 7.98. The molecule has 0 aromatic heterocycles. The van der Waals surface area contributed by atoms with Gasteiger partial charge < -0.3 is 11.1 Å². The second-order valence-electron chi connectivity index (χ2n) is 4.93. The Hall–Kier alpha value is -2.32. The summed E-state index contributed by atoms with van der Waals surface area (Å²) in [5, 5.41) is 2.34. The van der Waals surface area contributed by atoms with Crippen LogP contribution in [0.3, 0.4) is 0 Å². The molecule has 0 aliphatic heterocycles. The maximum Gasteiger partial charge on any atom is 0.283 e. The molecule has 0 heterocycles. The topological polar surface area (TPSA) is 102 Å². The number of hydrogen-bond acceptors (Lipinski definition) is 4. The Balaban J connectivity index is 2.32. The Morgan fingerprint density at radius 1 is 1.17 bits per heavy atom. The highest BCUT2D eigenvalue weighted by atomic mass is 32.2. The van der Waals surface area contributed by atoms with E-state index in [1.807, 2.05) is 25.1 Å². The van der Waals surface area contributed by atoms with Gasteiger partial charge in [-0.05, 0) is 36.8 Å². The van der Waals surface area contributed by atoms with E-state index in [0.29, 0.717) is 5.69 Å². The molecule has 2 aromatic rings. The van der Waals surface area contributed by atoms with Crippen molar-refractivity contribution in [3.8, 4) is 0 Å². The van der Waals surface area contributed by atoms with Crippen molar-refractivity contribution in [2.24, 2.45) is 10.1 Å². The van der Waals surface area contributed by atoms with Crippen LogP contribution in [-0.2, 0) is 10.0 Å². The standard InChI is InChI=1S/C16H17N3O3S2/c1-12-6-5-7-13(10-12)18-15(11-23-16(17)20)19-24(21,22)14-8-3-2-4-9-14/h2-10H,11H2,1H3,(H2,17,20)(H,18,19). The first kappa shape index (κ1) is 18.0. The Bertz CT molecular complexity index is 850. The lowest BCUT2D eigenvalue weighted by Crippen LogP contribution is -2.19. The lowest BCUT2D eigenvalue weighted by molar-refractivity contribution is 0.267. The Morgan fingerprint density at radius 2 is 1.88 bits per heavy atom. The van der Waals surface area contributed by atoms with Gasteiger partial charge in [-0.2, -0.15) is 8.42 Å². The van der Waals surface area contributed by atoms with Gasteiger partial charge in [0, 0.05) is 5.69 Å². The van der Waals surface area contributed by atoms with Crippen molar-refractivity contribution in [1.29, 1.82) is 0 Å². The number of hydrogen-bond donors (Lipinski definition) is 2. The van der Waals surface area contributed by atoms with Crippen LogP contribution in [0.5, 0.6) is 0 Å². The zero-order valence-corrected chi connectivity index (χ0v) is 14.6. The first-order chi connectivity index (χ1) is 11.4. The van der Waals surface area contributed by atoms with Crippen molar-refractivity contribution in [3.05, 3.63) is 60.2 Å². The summed E-state index contributed by atoms with van der Waals surface area (Å²) in [5.74, 6) is 0.156. The Labute approximate surface area is 145 Å². The maximum atomic E-state index is 12.4. The molecule has 0 saturated carbocycles. The van der Waals surface area contributed by atoms with Gasteiger partial charge in [0.05, 0.1) is 10.6 Å². The van der Waals surface area contributed by atoms with Gasteiger partial charge in [0.25, 0.3) is 15.3 Å². The van der Waals surface area contributed by atoms with Crippen LogP contribution in [0.15, 0.2) is 63.9 Å². The third kappa shape index (κ3) is 5.39. The number of benzene rings is 2. The van der Waals surface area contributed by atoms with E-state index in [1.165, 1.54) is 12.1 Å². The number of nitrogens with two attached hydrogens (primary N) is 1. The fourth-order valence-corrected chi connectivity index (χ4v) is 3.41. The molecule has 6 nitrogen and oxygen atoms in total. The SMILES string of the molecule is Cc1cccc(N/C(CSC(N)=O)=N\S(=O)(=O)c2ccccc2)c1. The van der Waals surface area contributed by atoms with E-state index in [2.05, 4.69) is 9.71 Å². The van der Waals surface area contributed by atoms with Gasteiger partial charge in [0.2, 0.25) is 0 Å². The summed E-state index contributed by atoms with van der Waals surface area (Å²) in [6.07, 6.45) is 0. The van der Waals surface area contributed by atoms with E-state index < -0.39 is 15.3 Å². The Morgan fingerprint density at radius 3 is 2.50 bits per heavy atom. The molecule has 0 unspecified atom stereocenters. The number of sulfonamides is 1. The molecule has 0 aliphatic carbocycles. The summed E-state index contributed by atoms with van der Waals surface area (Å²) in [6, 6.07) is 15.3. The summed E-state index contributed by atoms with van der Waals surface area (Å²) in [6.45, 7) is 1.92. The first-order valence-electron chi connectivity index (χ1n) is 7.01. The highest BCUT2D eigenvalue weighted by Gasteiger charge is 2.15. The van der Waals surface area contributed by atoms with E-state index in [0.717, 1.165) is 17.3 Å². The van der Waals surface area contributed by atoms with E-state index >= 15 is 0 Å². The zero-order valence-electron chi connectivity index (χ0n) is 13.0. The lowest BCUT2D eigenvalue weighted by Gasteiger charge is -2.10. The third-order valence-corrected chi connectivity index (χ3v) is 4.96. The normalized spacial score (nSPS) is 12.0. The van der Waals surface area contributed by atoms with Crippen LogP contribution in [-0.4, -0.2) is 25.2 Å². The summed E-state index contributed by atoms with van der Waals surface area (Å²) in [4.78, 5) is 11.1. The van der Waals surface area contributed by atoms with Gasteiger partial charge in [0.1, 0.15) is 5.84 Å². The highest BCUT2D eigenvalue weighted by Crippen LogP contribution is 2.15. The predicted octanol–water partition coefficient (Wildman–Crippen LogP) is 3.01. The largest absolute Gasteiger partial charge is 0.361 e. The fraction of sp³-hybridized carbons (Fsp3) is 0.125. The van der Waals surface area contributed by atoms with Crippen molar-refractivity contribution in [3.63, 3.8) is 0 Å².